The van der Waals surface area contributed by atoms with Gasteiger partial charge in [-0.2, -0.15) is 10.1 Å². The standard InChI is InChI=1S/C21H19N5O3/c1-13(2)19(27)23-14-8-10-16(11-9-14)29-21-24-18-17(20(28)25-21)12-22-26(18)15-6-4-3-5-7-15/h3-13H,1-2H3,(H,23,27)(H,24,25,28). The fourth-order valence-corrected chi connectivity index (χ4v) is 2.71. The highest BCUT2D eigenvalue weighted by atomic mass is 16.5. The van der Waals surface area contributed by atoms with Gasteiger partial charge in [0, 0.05) is 11.6 Å². The summed E-state index contributed by atoms with van der Waals surface area (Å²) >= 11 is 0. The van der Waals surface area contributed by atoms with Crippen LogP contribution in [0.1, 0.15) is 13.8 Å². The molecule has 0 spiro atoms. The first-order valence-electron chi connectivity index (χ1n) is 9.13. The van der Waals surface area contributed by atoms with Crippen LogP contribution < -0.4 is 15.6 Å². The lowest BCUT2D eigenvalue weighted by Gasteiger charge is -2.09. The van der Waals surface area contributed by atoms with E-state index in [4.69, 9.17) is 4.74 Å². The molecule has 1 amide bonds. The van der Waals surface area contributed by atoms with Gasteiger partial charge in [-0.1, -0.05) is 32.0 Å². The summed E-state index contributed by atoms with van der Waals surface area (Å²) < 4.78 is 7.30. The lowest BCUT2D eigenvalue weighted by Crippen LogP contribution is -2.17. The predicted molar refractivity (Wildman–Crippen MR) is 109 cm³/mol. The molecule has 0 saturated carbocycles. The highest BCUT2D eigenvalue weighted by molar-refractivity contribution is 5.92. The van der Waals surface area contributed by atoms with Crippen LogP contribution in [0.15, 0.2) is 65.6 Å². The van der Waals surface area contributed by atoms with Gasteiger partial charge in [-0.3, -0.25) is 14.6 Å². The Morgan fingerprint density at radius 2 is 1.83 bits per heavy atom. The third kappa shape index (κ3) is 3.86. The maximum absolute atomic E-state index is 12.4. The normalized spacial score (nSPS) is 11.0. The summed E-state index contributed by atoms with van der Waals surface area (Å²) in [4.78, 5) is 31.2. The Morgan fingerprint density at radius 1 is 1.10 bits per heavy atom. The van der Waals surface area contributed by atoms with Gasteiger partial charge in [-0.15, -0.1) is 0 Å². The molecule has 2 N–H and O–H groups in total. The van der Waals surface area contributed by atoms with Gasteiger partial charge in [0.05, 0.1) is 11.9 Å². The molecule has 0 aliphatic heterocycles. The van der Waals surface area contributed by atoms with E-state index < -0.39 is 0 Å². The average molecular weight is 389 g/mol. The van der Waals surface area contributed by atoms with Crippen LogP contribution in [0, 0.1) is 5.92 Å². The molecule has 0 bridgehead atoms. The molecule has 8 heteroatoms. The zero-order valence-electron chi connectivity index (χ0n) is 15.9. The molecule has 8 nitrogen and oxygen atoms in total. The first-order valence-corrected chi connectivity index (χ1v) is 9.13. The van der Waals surface area contributed by atoms with Gasteiger partial charge in [0.2, 0.25) is 5.91 Å². The largest absolute Gasteiger partial charge is 0.426 e. The summed E-state index contributed by atoms with van der Waals surface area (Å²) in [6, 6.07) is 16.3. The minimum absolute atomic E-state index is 0.0548. The lowest BCUT2D eigenvalue weighted by molar-refractivity contribution is -0.118. The summed E-state index contributed by atoms with van der Waals surface area (Å²) in [5.41, 5.74) is 1.51. The molecule has 29 heavy (non-hydrogen) atoms. The number of H-pyrrole nitrogens is 1. The van der Waals surface area contributed by atoms with Crippen molar-refractivity contribution in [2.75, 3.05) is 5.32 Å². The average Bonchev–Trinajstić information content (AvgIpc) is 3.14. The summed E-state index contributed by atoms with van der Waals surface area (Å²) in [5, 5.41) is 7.44. The third-order valence-electron chi connectivity index (χ3n) is 4.28. The van der Waals surface area contributed by atoms with Crippen molar-refractivity contribution in [3.8, 4) is 17.4 Å². The van der Waals surface area contributed by atoms with Crippen LogP contribution in [0.5, 0.6) is 11.8 Å². The monoisotopic (exact) mass is 389 g/mol. The fraction of sp³-hybridized carbons (Fsp3) is 0.143. The number of hydrogen-bond donors (Lipinski definition) is 2. The molecular weight excluding hydrogens is 370 g/mol. The van der Waals surface area contributed by atoms with Gasteiger partial charge >= 0.3 is 6.01 Å². The second kappa shape index (κ2) is 7.59. The van der Waals surface area contributed by atoms with Crippen LogP contribution in [0.2, 0.25) is 0 Å². The maximum atomic E-state index is 12.4. The zero-order chi connectivity index (χ0) is 20.4. The number of para-hydroxylation sites is 1. The number of carbonyl (C=O) groups is 1. The van der Waals surface area contributed by atoms with Crippen LogP contribution >= 0.6 is 0 Å². The van der Waals surface area contributed by atoms with Gasteiger partial charge < -0.3 is 10.1 Å². The van der Waals surface area contributed by atoms with Crippen LogP contribution in [0.4, 0.5) is 5.69 Å². The van der Waals surface area contributed by atoms with E-state index in [1.807, 2.05) is 44.2 Å². The van der Waals surface area contributed by atoms with Crippen molar-refractivity contribution in [3.05, 3.63) is 71.1 Å². The highest BCUT2D eigenvalue weighted by Crippen LogP contribution is 2.22. The summed E-state index contributed by atoms with van der Waals surface area (Å²) in [6.07, 6.45) is 1.48. The third-order valence-corrected chi connectivity index (χ3v) is 4.28. The number of carbonyl (C=O) groups excluding carboxylic acids is 1. The molecule has 0 aliphatic carbocycles. The number of aromatic amines is 1. The van der Waals surface area contributed by atoms with Crippen molar-refractivity contribution in [2.24, 2.45) is 5.92 Å². The molecule has 0 aliphatic rings. The van der Waals surface area contributed by atoms with E-state index in [0.29, 0.717) is 22.5 Å². The summed E-state index contributed by atoms with van der Waals surface area (Å²) in [5.74, 6) is 0.298. The second-order valence-corrected chi connectivity index (χ2v) is 6.77. The minimum Gasteiger partial charge on any atom is -0.426 e. The predicted octanol–water partition coefficient (Wildman–Crippen LogP) is 3.50. The number of nitrogens with zero attached hydrogens (tertiary/aromatic N) is 3. The Kier molecular flexibility index (Phi) is 4.82. The summed E-state index contributed by atoms with van der Waals surface area (Å²) in [6.45, 7) is 3.65. The number of aromatic nitrogens is 4. The number of nitrogens with one attached hydrogen (secondary N) is 2. The minimum atomic E-state index is -0.340. The van der Waals surface area contributed by atoms with Gasteiger partial charge in [0.25, 0.3) is 5.56 Å². The molecule has 4 aromatic rings. The first-order chi connectivity index (χ1) is 14.0. The Hall–Kier alpha value is -3.94. The van der Waals surface area contributed by atoms with E-state index in [9.17, 15) is 9.59 Å². The fourth-order valence-electron chi connectivity index (χ4n) is 2.71. The van der Waals surface area contributed by atoms with Crippen LogP contribution in [0.25, 0.3) is 16.7 Å². The second-order valence-electron chi connectivity index (χ2n) is 6.77. The molecule has 4 rings (SSSR count). The zero-order valence-corrected chi connectivity index (χ0v) is 15.9. The van der Waals surface area contributed by atoms with E-state index in [-0.39, 0.29) is 23.4 Å². The van der Waals surface area contributed by atoms with Crippen molar-refractivity contribution in [3.63, 3.8) is 0 Å². The number of benzene rings is 2. The van der Waals surface area contributed by atoms with Crippen molar-refractivity contribution >= 4 is 22.6 Å². The molecule has 0 radical (unpaired) electrons. The molecule has 2 aromatic heterocycles. The first kappa shape index (κ1) is 18.4. The molecule has 0 atom stereocenters. The van der Waals surface area contributed by atoms with Crippen molar-refractivity contribution in [1.29, 1.82) is 0 Å². The number of anilines is 1. The molecule has 2 heterocycles. The van der Waals surface area contributed by atoms with Crippen molar-refractivity contribution < 1.29 is 9.53 Å². The SMILES string of the molecule is CC(C)C(=O)Nc1ccc(Oc2nc3c(cnn3-c3ccccc3)c(=O)[nH]2)cc1. The Bertz CT molecular complexity index is 1210. The van der Waals surface area contributed by atoms with Gasteiger partial charge in [-0.25, -0.2) is 4.68 Å². The van der Waals surface area contributed by atoms with Gasteiger partial charge in [0.15, 0.2) is 5.65 Å². The Balaban J connectivity index is 1.61. The van der Waals surface area contributed by atoms with Crippen molar-refractivity contribution in [1.82, 2.24) is 19.7 Å². The number of hydrogen-bond acceptors (Lipinski definition) is 5. The number of amides is 1. The smallest absolute Gasteiger partial charge is 0.304 e. The number of fused-ring (bicyclic) bond motifs is 1. The van der Waals surface area contributed by atoms with E-state index in [0.717, 1.165) is 5.69 Å². The number of ether oxygens (including phenoxy) is 1. The molecule has 0 unspecified atom stereocenters. The highest BCUT2D eigenvalue weighted by Gasteiger charge is 2.13. The molecule has 2 aromatic carbocycles. The topological polar surface area (TPSA) is 102 Å². The Morgan fingerprint density at radius 3 is 2.52 bits per heavy atom. The maximum Gasteiger partial charge on any atom is 0.304 e. The van der Waals surface area contributed by atoms with E-state index in [2.05, 4.69) is 20.4 Å². The van der Waals surface area contributed by atoms with Crippen LogP contribution in [0.3, 0.4) is 0 Å². The van der Waals surface area contributed by atoms with Crippen LogP contribution in [-0.4, -0.2) is 25.7 Å². The van der Waals surface area contributed by atoms with Crippen LogP contribution in [-0.2, 0) is 4.79 Å². The molecule has 0 saturated heterocycles. The molecule has 146 valence electrons. The molecule has 0 fully saturated rings. The van der Waals surface area contributed by atoms with E-state index in [1.165, 1.54) is 6.20 Å². The van der Waals surface area contributed by atoms with E-state index >= 15 is 0 Å². The van der Waals surface area contributed by atoms with Crippen molar-refractivity contribution in [2.45, 2.75) is 13.8 Å². The quantitative estimate of drug-likeness (QED) is 0.544. The van der Waals surface area contributed by atoms with Gasteiger partial charge in [0.1, 0.15) is 11.1 Å². The number of rotatable bonds is 5. The summed E-state index contributed by atoms with van der Waals surface area (Å²) in [7, 11) is 0. The lowest BCUT2D eigenvalue weighted by atomic mass is 10.2. The molecular formula is C21H19N5O3. The van der Waals surface area contributed by atoms with E-state index in [1.54, 1.807) is 28.9 Å². The van der Waals surface area contributed by atoms with Gasteiger partial charge in [-0.05, 0) is 36.4 Å². The Labute approximate surface area is 166 Å².